The van der Waals surface area contributed by atoms with E-state index in [1.807, 2.05) is 0 Å². The summed E-state index contributed by atoms with van der Waals surface area (Å²) in [5.41, 5.74) is 0. The Kier molecular flexibility index (Phi) is 9.97. The monoisotopic (exact) mass is 326 g/mol. The van der Waals surface area contributed by atoms with Crippen LogP contribution in [0.4, 0.5) is 0 Å². The van der Waals surface area contributed by atoms with Crippen LogP contribution in [0.3, 0.4) is 0 Å². The van der Waals surface area contributed by atoms with E-state index in [1.54, 1.807) is 0 Å². The van der Waals surface area contributed by atoms with Gasteiger partial charge in [-0.15, -0.1) is 0 Å². The van der Waals surface area contributed by atoms with Crippen molar-refractivity contribution in [1.82, 2.24) is 0 Å². The molecule has 0 radical (unpaired) electrons. The van der Waals surface area contributed by atoms with Crippen LogP contribution in [0.2, 0.25) is 0 Å². The van der Waals surface area contributed by atoms with Crippen molar-refractivity contribution in [3.63, 3.8) is 0 Å². The summed E-state index contributed by atoms with van der Waals surface area (Å²) in [6.07, 6.45) is 10.8. The Balaban J connectivity index is 2.47. The molecule has 3 atom stereocenters. The van der Waals surface area contributed by atoms with E-state index < -0.39 is 12.1 Å². The van der Waals surface area contributed by atoms with Gasteiger partial charge in [-0.1, -0.05) is 72.1 Å². The number of carbonyl (C=O) groups is 2. The number of rotatable bonds is 12. The van der Waals surface area contributed by atoms with Crippen LogP contribution in [0, 0.1) is 11.8 Å². The molecule has 4 nitrogen and oxygen atoms in total. The molecule has 4 heteroatoms. The summed E-state index contributed by atoms with van der Waals surface area (Å²) in [7, 11) is 0. The minimum absolute atomic E-state index is 0.104. The Labute approximate surface area is 141 Å². The molecule has 0 aromatic rings. The van der Waals surface area contributed by atoms with Gasteiger partial charge in [-0.25, -0.2) is 9.59 Å². The van der Waals surface area contributed by atoms with Crippen LogP contribution in [0.1, 0.15) is 85.0 Å². The van der Waals surface area contributed by atoms with Crippen LogP contribution >= 0.6 is 0 Å². The second-order valence-electron chi connectivity index (χ2n) is 6.93. The van der Waals surface area contributed by atoms with Gasteiger partial charge in [0.15, 0.2) is 6.61 Å². The van der Waals surface area contributed by atoms with Crippen molar-refractivity contribution >= 4 is 11.9 Å². The van der Waals surface area contributed by atoms with Gasteiger partial charge in [0.05, 0.1) is 0 Å². The quantitative estimate of drug-likeness (QED) is 0.387. The van der Waals surface area contributed by atoms with Gasteiger partial charge in [0.25, 0.3) is 0 Å². The molecule has 0 amide bonds. The molecule has 1 aliphatic rings. The molecule has 0 spiro atoms. The van der Waals surface area contributed by atoms with Crippen molar-refractivity contribution in [3.8, 4) is 0 Å². The van der Waals surface area contributed by atoms with E-state index in [2.05, 4.69) is 20.8 Å². The zero-order chi connectivity index (χ0) is 17.1. The van der Waals surface area contributed by atoms with Crippen molar-refractivity contribution < 1.29 is 19.1 Å². The van der Waals surface area contributed by atoms with Crippen LogP contribution < -0.4 is 0 Å². The fourth-order valence-corrected chi connectivity index (χ4v) is 3.06. The second kappa shape index (κ2) is 11.5. The minimum atomic E-state index is -0.684. The molecule has 134 valence electrons. The minimum Gasteiger partial charge on any atom is -0.451 e. The highest BCUT2D eigenvalue weighted by atomic mass is 16.6. The highest BCUT2D eigenvalue weighted by Crippen LogP contribution is 2.27. The van der Waals surface area contributed by atoms with Crippen LogP contribution in [-0.4, -0.2) is 24.6 Å². The van der Waals surface area contributed by atoms with Crippen LogP contribution in [0.15, 0.2) is 0 Å². The maximum atomic E-state index is 12.0. The van der Waals surface area contributed by atoms with E-state index in [9.17, 15) is 9.59 Å². The van der Waals surface area contributed by atoms with Crippen molar-refractivity contribution in [3.05, 3.63) is 0 Å². The lowest BCUT2D eigenvalue weighted by atomic mass is 9.87. The number of ether oxygens (including phenoxy) is 2. The van der Waals surface area contributed by atoms with Crippen LogP contribution in [-0.2, 0) is 19.1 Å². The summed E-state index contributed by atoms with van der Waals surface area (Å²) in [5, 5.41) is 0. The highest BCUT2D eigenvalue weighted by molar-refractivity contribution is 5.85. The van der Waals surface area contributed by atoms with E-state index in [0.29, 0.717) is 5.92 Å². The van der Waals surface area contributed by atoms with Gasteiger partial charge in [-0.05, 0) is 18.8 Å². The Bertz CT molecular complexity index is 353. The molecule has 0 saturated carbocycles. The summed E-state index contributed by atoms with van der Waals surface area (Å²) in [5.74, 6) is -0.0277. The third kappa shape index (κ3) is 7.85. The number of hydrogen-bond donors (Lipinski definition) is 0. The molecular formula is C19H34O4. The van der Waals surface area contributed by atoms with Gasteiger partial charge in [0, 0.05) is 5.92 Å². The van der Waals surface area contributed by atoms with Gasteiger partial charge >= 0.3 is 11.9 Å². The Morgan fingerprint density at radius 1 is 1.00 bits per heavy atom. The second-order valence-corrected chi connectivity index (χ2v) is 6.93. The van der Waals surface area contributed by atoms with Crippen molar-refractivity contribution in [1.29, 1.82) is 0 Å². The van der Waals surface area contributed by atoms with Crippen LogP contribution in [0.5, 0.6) is 0 Å². The Morgan fingerprint density at radius 3 is 2.39 bits per heavy atom. The van der Waals surface area contributed by atoms with E-state index in [0.717, 1.165) is 32.1 Å². The Morgan fingerprint density at radius 2 is 1.70 bits per heavy atom. The summed E-state index contributed by atoms with van der Waals surface area (Å²) in [6, 6.07) is 0. The number of unbranched alkanes of at least 4 members (excludes halogenated alkanes) is 5. The topological polar surface area (TPSA) is 52.6 Å². The zero-order valence-electron chi connectivity index (χ0n) is 15.1. The first-order valence-corrected chi connectivity index (χ1v) is 9.44. The lowest BCUT2D eigenvalue weighted by molar-refractivity contribution is -0.189. The summed E-state index contributed by atoms with van der Waals surface area (Å²) in [6.45, 7) is 6.40. The van der Waals surface area contributed by atoms with E-state index in [4.69, 9.17) is 9.47 Å². The molecule has 23 heavy (non-hydrogen) atoms. The maximum absolute atomic E-state index is 12.0. The smallest absolute Gasteiger partial charge is 0.348 e. The van der Waals surface area contributed by atoms with Crippen molar-refractivity contribution in [2.24, 2.45) is 11.8 Å². The fourth-order valence-electron chi connectivity index (χ4n) is 3.06. The van der Waals surface area contributed by atoms with E-state index in [1.165, 1.54) is 32.1 Å². The molecule has 0 aromatic carbocycles. The normalized spacial score (nSPS) is 20.7. The van der Waals surface area contributed by atoms with Gasteiger partial charge < -0.3 is 9.47 Å². The number of cyclic esters (lactones) is 2. The molecule has 3 unspecified atom stereocenters. The lowest BCUT2D eigenvalue weighted by Crippen LogP contribution is -2.42. The van der Waals surface area contributed by atoms with Crippen molar-refractivity contribution in [2.75, 3.05) is 6.61 Å². The SMILES string of the molecule is CCCCCCCCC(CCC(C)CC)C1OC(=O)COC1=O. The summed E-state index contributed by atoms with van der Waals surface area (Å²) < 4.78 is 10.3. The standard InChI is InChI=1S/C19H34O4/c1-4-6-7-8-9-10-11-16(13-12-15(3)5-2)18-19(21)22-14-17(20)23-18/h15-16,18H,4-14H2,1-3H3. The fraction of sp³-hybridized carbons (Fsp3) is 0.895. The molecule has 1 heterocycles. The molecule has 0 bridgehead atoms. The zero-order valence-corrected chi connectivity index (χ0v) is 15.1. The number of carbonyl (C=O) groups excluding carboxylic acids is 2. The lowest BCUT2D eigenvalue weighted by Gasteiger charge is -2.29. The van der Waals surface area contributed by atoms with Crippen LogP contribution in [0.25, 0.3) is 0 Å². The van der Waals surface area contributed by atoms with Gasteiger partial charge in [0.1, 0.15) is 0 Å². The predicted molar refractivity (Wildman–Crippen MR) is 91.0 cm³/mol. The third-order valence-electron chi connectivity index (χ3n) is 4.91. The first kappa shape index (κ1) is 20.0. The molecular weight excluding hydrogens is 292 g/mol. The average molecular weight is 326 g/mol. The Hall–Kier alpha value is -1.06. The largest absolute Gasteiger partial charge is 0.451 e. The van der Waals surface area contributed by atoms with E-state index in [-0.39, 0.29) is 18.5 Å². The average Bonchev–Trinajstić information content (AvgIpc) is 2.55. The van der Waals surface area contributed by atoms with E-state index >= 15 is 0 Å². The van der Waals surface area contributed by atoms with Crippen molar-refractivity contribution in [2.45, 2.75) is 91.1 Å². The summed E-state index contributed by atoms with van der Waals surface area (Å²) in [4.78, 5) is 23.4. The number of hydrogen-bond acceptors (Lipinski definition) is 4. The molecule has 0 N–H and O–H groups in total. The van der Waals surface area contributed by atoms with Gasteiger partial charge in [-0.3, -0.25) is 0 Å². The molecule has 0 aliphatic carbocycles. The number of esters is 2. The maximum Gasteiger partial charge on any atom is 0.348 e. The van der Waals surface area contributed by atoms with Gasteiger partial charge in [-0.2, -0.15) is 0 Å². The summed E-state index contributed by atoms with van der Waals surface area (Å²) >= 11 is 0. The first-order valence-electron chi connectivity index (χ1n) is 9.44. The highest BCUT2D eigenvalue weighted by Gasteiger charge is 2.36. The third-order valence-corrected chi connectivity index (χ3v) is 4.91. The molecule has 1 aliphatic heterocycles. The molecule has 1 rings (SSSR count). The first-order chi connectivity index (χ1) is 11.1. The van der Waals surface area contributed by atoms with Gasteiger partial charge in [0.2, 0.25) is 6.10 Å². The molecule has 1 fully saturated rings. The predicted octanol–water partition coefficient (Wildman–Crippen LogP) is 4.65. The molecule has 1 saturated heterocycles. The molecule has 0 aromatic heterocycles.